The van der Waals surface area contributed by atoms with Crippen LogP contribution in [0.4, 0.5) is 0 Å². The Labute approximate surface area is 184 Å². The molecule has 9 heteroatoms. The number of benzene rings is 1. The minimum absolute atomic E-state index is 0.00837. The van der Waals surface area contributed by atoms with Crippen LogP contribution in [0.15, 0.2) is 49.3 Å². The number of carbonyl (C=O) groups is 2. The number of carboxylic acid groups (broad SMARTS) is 2. The Kier molecular flexibility index (Phi) is 4.83. The summed E-state index contributed by atoms with van der Waals surface area (Å²) in [4.78, 5) is 29.1. The fourth-order valence-corrected chi connectivity index (χ4v) is 6.92. The second-order valence-electron chi connectivity index (χ2n) is 9.33. The zero-order valence-electron chi connectivity index (χ0n) is 17.5. The van der Waals surface area contributed by atoms with E-state index >= 15 is 0 Å². The summed E-state index contributed by atoms with van der Waals surface area (Å²) in [5.41, 5.74) is 0.952. The number of aromatic nitrogens is 5. The van der Waals surface area contributed by atoms with E-state index in [1.54, 1.807) is 18.5 Å². The number of aromatic carboxylic acids is 1. The van der Waals surface area contributed by atoms with Crippen LogP contribution in [0.2, 0.25) is 0 Å². The van der Waals surface area contributed by atoms with E-state index in [9.17, 15) is 9.90 Å². The van der Waals surface area contributed by atoms with Crippen LogP contribution in [0.25, 0.3) is 11.4 Å². The number of rotatable bonds is 4. The summed E-state index contributed by atoms with van der Waals surface area (Å²) in [5, 5.41) is 21.1. The number of carboxylic acids is 1. The van der Waals surface area contributed by atoms with Crippen molar-refractivity contribution in [3.05, 3.63) is 54.9 Å². The van der Waals surface area contributed by atoms with Crippen LogP contribution in [0, 0.1) is 11.8 Å². The summed E-state index contributed by atoms with van der Waals surface area (Å²) < 4.78 is 4.39. The van der Waals surface area contributed by atoms with Gasteiger partial charge in [0.25, 0.3) is 6.47 Å². The van der Waals surface area contributed by atoms with Crippen molar-refractivity contribution in [2.24, 2.45) is 11.8 Å². The normalized spacial score (nSPS) is 29.9. The molecule has 2 unspecified atom stereocenters. The second kappa shape index (κ2) is 7.58. The fourth-order valence-electron chi connectivity index (χ4n) is 6.92. The number of imidazole rings is 1. The average molecular weight is 435 g/mol. The molecule has 166 valence electrons. The lowest BCUT2D eigenvalue weighted by Gasteiger charge is -2.62. The van der Waals surface area contributed by atoms with Gasteiger partial charge in [-0.3, -0.25) is 4.79 Å². The van der Waals surface area contributed by atoms with E-state index in [0.717, 1.165) is 37.9 Å². The van der Waals surface area contributed by atoms with E-state index in [1.807, 2.05) is 24.7 Å². The van der Waals surface area contributed by atoms with Gasteiger partial charge in [-0.25, -0.2) is 19.4 Å². The fraction of sp³-hybridized carbons (Fsp3) is 0.435. The van der Waals surface area contributed by atoms with Crippen LogP contribution in [-0.4, -0.2) is 47.0 Å². The van der Waals surface area contributed by atoms with Crippen LogP contribution in [0.3, 0.4) is 0 Å². The van der Waals surface area contributed by atoms with E-state index in [-0.39, 0.29) is 17.6 Å². The van der Waals surface area contributed by atoms with Crippen molar-refractivity contribution in [3.63, 3.8) is 0 Å². The third-order valence-electron chi connectivity index (χ3n) is 7.45. The highest BCUT2D eigenvalue weighted by Gasteiger charge is 2.60. The van der Waals surface area contributed by atoms with Crippen molar-refractivity contribution in [3.8, 4) is 11.4 Å². The predicted molar refractivity (Wildman–Crippen MR) is 114 cm³/mol. The van der Waals surface area contributed by atoms with Gasteiger partial charge in [-0.2, -0.15) is 5.10 Å². The molecule has 2 N–H and O–H groups in total. The molecule has 2 heterocycles. The molecule has 1 aromatic carbocycles. The van der Waals surface area contributed by atoms with Crippen molar-refractivity contribution < 1.29 is 19.8 Å². The summed E-state index contributed by atoms with van der Waals surface area (Å²) in [6.45, 7) is -0.250. The molecule has 0 aliphatic heterocycles. The van der Waals surface area contributed by atoms with Gasteiger partial charge in [0.1, 0.15) is 18.5 Å². The summed E-state index contributed by atoms with van der Waals surface area (Å²) in [6, 6.07) is 7.19. The molecule has 2 atom stereocenters. The first kappa shape index (κ1) is 20.4. The maximum absolute atomic E-state index is 11.8. The Morgan fingerprint density at radius 2 is 1.81 bits per heavy atom. The van der Waals surface area contributed by atoms with Crippen LogP contribution in [-0.2, 0) is 15.9 Å². The van der Waals surface area contributed by atoms with Gasteiger partial charge in [0, 0.05) is 23.5 Å². The summed E-state index contributed by atoms with van der Waals surface area (Å²) in [5.74, 6) is 1.16. The Balaban J connectivity index is 0.000000684. The van der Waals surface area contributed by atoms with Gasteiger partial charge in [-0.15, -0.1) is 0 Å². The third kappa shape index (κ3) is 3.11. The van der Waals surface area contributed by atoms with Gasteiger partial charge in [0.2, 0.25) is 0 Å². The lowest BCUT2D eigenvalue weighted by atomic mass is 9.49. The number of hydrogen-bond donors (Lipinski definition) is 2. The van der Waals surface area contributed by atoms with E-state index in [2.05, 4.69) is 30.5 Å². The van der Waals surface area contributed by atoms with Crippen molar-refractivity contribution in [1.82, 2.24) is 24.3 Å². The van der Waals surface area contributed by atoms with E-state index in [1.165, 1.54) is 6.42 Å². The molecular weight excluding hydrogens is 410 g/mol. The molecule has 32 heavy (non-hydrogen) atoms. The molecule has 3 aromatic rings. The maximum atomic E-state index is 11.8. The Morgan fingerprint density at radius 1 is 1.12 bits per heavy atom. The number of nitrogens with zero attached hydrogens (tertiary/aromatic N) is 5. The molecule has 4 aliphatic rings. The SMILES string of the molecule is O=C(O)c1ccccc1-c1nccn1C12CC3CC(CC(n4cncn4)(C3)C1)C2.O=CO. The van der Waals surface area contributed by atoms with Gasteiger partial charge in [0.05, 0.1) is 11.1 Å². The van der Waals surface area contributed by atoms with Crippen LogP contribution in [0.5, 0.6) is 0 Å². The van der Waals surface area contributed by atoms with Gasteiger partial charge in [0.15, 0.2) is 0 Å². The molecule has 0 saturated heterocycles. The molecule has 4 aliphatic carbocycles. The van der Waals surface area contributed by atoms with Gasteiger partial charge in [-0.05, 0) is 56.4 Å². The highest BCUT2D eigenvalue weighted by molar-refractivity contribution is 5.95. The molecule has 7 rings (SSSR count). The van der Waals surface area contributed by atoms with Gasteiger partial charge < -0.3 is 14.8 Å². The summed E-state index contributed by atoms with van der Waals surface area (Å²) in [6.07, 6.45) is 14.2. The van der Waals surface area contributed by atoms with Crippen molar-refractivity contribution >= 4 is 12.4 Å². The molecule has 4 fully saturated rings. The zero-order chi connectivity index (χ0) is 22.3. The highest BCUT2D eigenvalue weighted by Crippen LogP contribution is 2.63. The van der Waals surface area contributed by atoms with Crippen LogP contribution < -0.4 is 0 Å². The molecular formula is C23H25N5O4. The molecule has 4 bridgehead atoms. The molecule has 4 saturated carbocycles. The largest absolute Gasteiger partial charge is 0.483 e. The molecule has 0 radical (unpaired) electrons. The monoisotopic (exact) mass is 435 g/mol. The van der Waals surface area contributed by atoms with Gasteiger partial charge >= 0.3 is 5.97 Å². The maximum Gasteiger partial charge on any atom is 0.336 e. The van der Waals surface area contributed by atoms with Crippen molar-refractivity contribution in [2.75, 3.05) is 0 Å². The van der Waals surface area contributed by atoms with E-state index in [0.29, 0.717) is 23.0 Å². The first-order chi connectivity index (χ1) is 15.5. The summed E-state index contributed by atoms with van der Waals surface area (Å²) >= 11 is 0. The molecule has 2 aromatic heterocycles. The lowest BCUT2D eigenvalue weighted by Crippen LogP contribution is -2.60. The third-order valence-corrected chi connectivity index (χ3v) is 7.45. The molecule has 9 nitrogen and oxygen atoms in total. The van der Waals surface area contributed by atoms with Crippen LogP contribution >= 0.6 is 0 Å². The quantitative estimate of drug-likeness (QED) is 0.603. The summed E-state index contributed by atoms with van der Waals surface area (Å²) in [7, 11) is 0. The standard InChI is InChI=1S/C22H23N5O2.CH2O2/c28-20(29)18-4-2-1-3-17(18)19-24-5-6-26(19)21-8-15-7-16(9-21)11-22(10-15,12-21)27-14-23-13-25-27;2-1-3/h1-6,13-16H,7-12H2,(H,28,29);1H,(H,2,3). The minimum Gasteiger partial charge on any atom is -0.483 e. The predicted octanol–water partition coefficient (Wildman–Crippen LogP) is 3.25. The van der Waals surface area contributed by atoms with Gasteiger partial charge in [-0.1, -0.05) is 18.2 Å². The zero-order valence-corrected chi connectivity index (χ0v) is 17.5. The average Bonchev–Trinajstić information content (AvgIpc) is 3.46. The van der Waals surface area contributed by atoms with Crippen LogP contribution in [0.1, 0.15) is 48.9 Å². The van der Waals surface area contributed by atoms with Crippen molar-refractivity contribution in [2.45, 2.75) is 49.6 Å². The first-order valence-corrected chi connectivity index (χ1v) is 10.8. The first-order valence-electron chi connectivity index (χ1n) is 10.8. The smallest absolute Gasteiger partial charge is 0.336 e. The molecule has 0 spiro atoms. The second-order valence-corrected chi connectivity index (χ2v) is 9.33. The highest BCUT2D eigenvalue weighted by atomic mass is 16.4. The minimum atomic E-state index is -0.917. The molecule has 0 amide bonds. The van der Waals surface area contributed by atoms with E-state index in [4.69, 9.17) is 9.90 Å². The number of hydrogen-bond acceptors (Lipinski definition) is 5. The Bertz CT molecular complexity index is 1120. The van der Waals surface area contributed by atoms with E-state index < -0.39 is 5.97 Å². The lowest BCUT2D eigenvalue weighted by molar-refractivity contribution is -0.122. The van der Waals surface area contributed by atoms with Crippen molar-refractivity contribution in [1.29, 1.82) is 0 Å². The Morgan fingerprint density at radius 3 is 2.47 bits per heavy atom. The topological polar surface area (TPSA) is 123 Å². The Hall–Kier alpha value is -3.49.